The molecule has 1 aromatic rings. The van der Waals surface area contributed by atoms with Crippen LogP contribution in [0.5, 0.6) is 5.75 Å². The summed E-state index contributed by atoms with van der Waals surface area (Å²) in [5.74, 6) is 1.92. The van der Waals surface area contributed by atoms with Crippen LogP contribution >= 0.6 is 0 Å². The van der Waals surface area contributed by atoms with Crippen LogP contribution in [0.3, 0.4) is 0 Å². The summed E-state index contributed by atoms with van der Waals surface area (Å²) in [6, 6.07) is 8.07. The zero-order chi connectivity index (χ0) is 12.5. The molecule has 2 atom stereocenters. The Labute approximate surface area is 108 Å². The maximum absolute atomic E-state index is 12.0. The summed E-state index contributed by atoms with van der Waals surface area (Å²) in [6.45, 7) is 0. The number of carbonyl (C=O) groups is 1. The molecule has 0 aromatic heterocycles. The fraction of sp³-hybridized carbons (Fsp3) is 0.438. The predicted octanol–water partition coefficient (Wildman–Crippen LogP) is 3.47. The Kier molecular flexibility index (Phi) is 2.94. The van der Waals surface area contributed by atoms with Crippen LogP contribution in [0.2, 0.25) is 0 Å². The van der Waals surface area contributed by atoms with Crippen molar-refractivity contribution in [3.63, 3.8) is 0 Å². The van der Waals surface area contributed by atoms with Gasteiger partial charge in [-0.15, -0.1) is 0 Å². The lowest BCUT2D eigenvalue weighted by atomic mass is 9.77. The largest absolute Gasteiger partial charge is 0.497 e. The molecule has 2 heteroatoms. The molecule has 2 unspecified atom stereocenters. The second-order valence-electron chi connectivity index (χ2n) is 5.23. The minimum atomic E-state index is 0.260. The third-order valence-electron chi connectivity index (χ3n) is 4.25. The molecule has 0 heterocycles. The van der Waals surface area contributed by atoms with Crippen LogP contribution in [-0.2, 0) is 4.79 Å². The predicted molar refractivity (Wildman–Crippen MR) is 71.4 cm³/mol. The molecule has 1 saturated carbocycles. The van der Waals surface area contributed by atoms with Gasteiger partial charge < -0.3 is 4.74 Å². The van der Waals surface area contributed by atoms with Crippen molar-refractivity contribution in [1.82, 2.24) is 0 Å². The number of hydrogen-bond acceptors (Lipinski definition) is 2. The first-order valence-electron chi connectivity index (χ1n) is 6.69. The number of carbonyl (C=O) groups excluding carboxylic acids is 1. The Morgan fingerprint density at radius 1 is 1.06 bits per heavy atom. The van der Waals surface area contributed by atoms with E-state index in [1.54, 1.807) is 7.11 Å². The summed E-state index contributed by atoms with van der Waals surface area (Å²) < 4.78 is 5.17. The monoisotopic (exact) mass is 242 g/mol. The lowest BCUT2D eigenvalue weighted by molar-refractivity contribution is -0.119. The van der Waals surface area contributed by atoms with Crippen molar-refractivity contribution in [2.75, 3.05) is 7.11 Å². The first-order valence-corrected chi connectivity index (χ1v) is 6.69. The molecule has 0 amide bonds. The van der Waals surface area contributed by atoms with Gasteiger partial charge in [-0.2, -0.15) is 0 Å². The standard InChI is InChI=1S/C16H18O2/c1-18-12-8-6-11(7-9-12)15-10-16(17)14-5-3-2-4-13(14)15/h6-10,13-14H,2-5H2,1H3. The average molecular weight is 242 g/mol. The van der Waals surface area contributed by atoms with Crippen LogP contribution < -0.4 is 4.74 Å². The molecule has 2 aliphatic carbocycles. The van der Waals surface area contributed by atoms with Crippen LogP contribution in [0.1, 0.15) is 31.2 Å². The van der Waals surface area contributed by atoms with Crippen molar-refractivity contribution in [3.8, 4) is 5.75 Å². The highest BCUT2D eigenvalue weighted by Gasteiger charge is 2.37. The summed E-state index contributed by atoms with van der Waals surface area (Å²) in [5, 5.41) is 0. The fourth-order valence-electron chi connectivity index (χ4n) is 3.29. The van der Waals surface area contributed by atoms with E-state index in [2.05, 4.69) is 12.1 Å². The number of allylic oxidation sites excluding steroid dienone is 2. The molecule has 1 aromatic carbocycles. The molecule has 18 heavy (non-hydrogen) atoms. The van der Waals surface area contributed by atoms with Crippen molar-refractivity contribution in [2.45, 2.75) is 25.7 Å². The molecule has 3 rings (SSSR count). The lowest BCUT2D eigenvalue weighted by Crippen LogP contribution is -2.21. The second kappa shape index (κ2) is 4.60. The van der Waals surface area contributed by atoms with Crippen molar-refractivity contribution in [1.29, 1.82) is 0 Å². The van der Waals surface area contributed by atoms with E-state index in [4.69, 9.17) is 4.74 Å². The van der Waals surface area contributed by atoms with Crippen LogP contribution in [-0.4, -0.2) is 12.9 Å². The minimum absolute atomic E-state index is 0.260. The molecule has 1 fully saturated rings. The summed E-state index contributed by atoms with van der Waals surface area (Å²) in [4.78, 5) is 12.0. The number of fused-ring (bicyclic) bond motifs is 1. The molecule has 2 aliphatic rings. The summed E-state index contributed by atoms with van der Waals surface area (Å²) >= 11 is 0. The van der Waals surface area contributed by atoms with Crippen molar-refractivity contribution in [2.24, 2.45) is 11.8 Å². The molecule has 0 bridgehead atoms. The Hall–Kier alpha value is -1.57. The first kappa shape index (κ1) is 11.5. The number of rotatable bonds is 2. The lowest BCUT2D eigenvalue weighted by Gasteiger charge is -2.26. The van der Waals surface area contributed by atoms with Gasteiger partial charge in [-0.3, -0.25) is 4.79 Å². The average Bonchev–Trinajstić information content (AvgIpc) is 2.77. The smallest absolute Gasteiger partial charge is 0.159 e. The van der Waals surface area contributed by atoms with Crippen molar-refractivity contribution >= 4 is 11.4 Å². The van der Waals surface area contributed by atoms with Crippen molar-refractivity contribution in [3.05, 3.63) is 35.9 Å². The second-order valence-corrected chi connectivity index (χ2v) is 5.23. The van der Waals surface area contributed by atoms with E-state index in [9.17, 15) is 4.79 Å². The van der Waals surface area contributed by atoms with Gasteiger partial charge >= 0.3 is 0 Å². The molecule has 0 spiro atoms. The minimum Gasteiger partial charge on any atom is -0.497 e. The maximum Gasteiger partial charge on any atom is 0.159 e. The van der Waals surface area contributed by atoms with E-state index in [1.807, 2.05) is 18.2 Å². The number of methoxy groups -OCH3 is 1. The fourth-order valence-corrected chi connectivity index (χ4v) is 3.29. The van der Waals surface area contributed by atoms with Gasteiger partial charge in [-0.1, -0.05) is 25.0 Å². The van der Waals surface area contributed by atoms with Crippen molar-refractivity contribution < 1.29 is 9.53 Å². The molecular weight excluding hydrogens is 224 g/mol. The summed E-state index contributed by atoms with van der Waals surface area (Å²) in [6.07, 6.45) is 6.56. The maximum atomic E-state index is 12.0. The van der Waals surface area contributed by atoms with Gasteiger partial charge in [0.15, 0.2) is 5.78 Å². The number of ether oxygens (including phenoxy) is 1. The van der Waals surface area contributed by atoms with Gasteiger partial charge in [0.2, 0.25) is 0 Å². The Morgan fingerprint density at radius 3 is 2.39 bits per heavy atom. The van der Waals surface area contributed by atoms with Gasteiger partial charge in [0.1, 0.15) is 5.75 Å². The Bertz CT molecular complexity index is 484. The van der Waals surface area contributed by atoms with Crippen LogP contribution in [0.4, 0.5) is 0 Å². The topological polar surface area (TPSA) is 26.3 Å². The van der Waals surface area contributed by atoms with Crippen LogP contribution in [0.15, 0.2) is 30.3 Å². The Balaban J connectivity index is 1.90. The number of hydrogen-bond donors (Lipinski definition) is 0. The molecule has 0 saturated heterocycles. The van der Waals surface area contributed by atoms with Gasteiger partial charge in [-0.25, -0.2) is 0 Å². The highest BCUT2D eigenvalue weighted by Crippen LogP contribution is 2.44. The normalized spacial score (nSPS) is 26.7. The molecule has 0 radical (unpaired) electrons. The van der Waals surface area contributed by atoms with E-state index < -0.39 is 0 Å². The van der Waals surface area contributed by atoms with Gasteiger partial charge in [0.25, 0.3) is 0 Å². The molecule has 0 N–H and O–H groups in total. The van der Waals surface area contributed by atoms with Gasteiger partial charge in [0.05, 0.1) is 7.11 Å². The van der Waals surface area contributed by atoms with E-state index in [0.717, 1.165) is 18.6 Å². The molecule has 0 aliphatic heterocycles. The van der Waals surface area contributed by atoms with E-state index in [-0.39, 0.29) is 5.92 Å². The SMILES string of the molecule is COc1ccc(C2=CC(=O)C3CCCCC23)cc1. The van der Waals surface area contributed by atoms with Crippen LogP contribution in [0, 0.1) is 11.8 Å². The highest BCUT2D eigenvalue weighted by atomic mass is 16.5. The zero-order valence-corrected chi connectivity index (χ0v) is 10.7. The van der Waals surface area contributed by atoms with Gasteiger partial charge in [-0.05, 0) is 48.1 Å². The highest BCUT2D eigenvalue weighted by molar-refractivity contribution is 6.04. The quantitative estimate of drug-likeness (QED) is 0.793. The first-order chi connectivity index (χ1) is 8.79. The molecule has 94 valence electrons. The number of benzene rings is 1. The van der Waals surface area contributed by atoms with Gasteiger partial charge in [0, 0.05) is 5.92 Å². The number of ketones is 1. The van der Waals surface area contributed by atoms with E-state index in [0.29, 0.717) is 11.7 Å². The zero-order valence-electron chi connectivity index (χ0n) is 10.7. The summed E-state index contributed by atoms with van der Waals surface area (Å²) in [7, 11) is 1.67. The molecule has 2 nitrogen and oxygen atoms in total. The Morgan fingerprint density at radius 2 is 1.72 bits per heavy atom. The molecular formula is C16H18O2. The third-order valence-corrected chi connectivity index (χ3v) is 4.25. The summed E-state index contributed by atoms with van der Waals surface area (Å²) in [5.41, 5.74) is 2.42. The van der Waals surface area contributed by atoms with E-state index in [1.165, 1.54) is 24.0 Å². The van der Waals surface area contributed by atoms with Crippen LogP contribution in [0.25, 0.3) is 5.57 Å². The third kappa shape index (κ3) is 1.86. The van der Waals surface area contributed by atoms with E-state index >= 15 is 0 Å².